The highest BCUT2D eigenvalue weighted by Gasteiger charge is 2.14. The largest absolute Gasteiger partial charge is 0.462 e. The average molecular weight is 403 g/mol. The number of nitrogens with zero attached hydrogens (tertiary/aromatic N) is 1. The van der Waals surface area contributed by atoms with Crippen LogP contribution in [0.15, 0.2) is 42.5 Å². The first-order chi connectivity index (χ1) is 13.6. The molecular weight excluding hydrogens is 380 g/mol. The number of ether oxygens (including phenoxy) is 2. The summed E-state index contributed by atoms with van der Waals surface area (Å²) in [6.45, 7) is 6.21. The molecule has 2 aromatic carbocycles. The third kappa shape index (κ3) is 5.32. The van der Waals surface area contributed by atoms with Crippen LogP contribution >= 0.6 is 11.6 Å². The zero-order valence-corrected chi connectivity index (χ0v) is 16.5. The van der Waals surface area contributed by atoms with Crippen LogP contribution in [0.1, 0.15) is 33.2 Å². The molecule has 7 heteroatoms. The molecule has 148 valence electrons. The molecular formula is C21H23ClN2O4. The highest BCUT2D eigenvalue weighted by molar-refractivity contribution is 6.34. The Labute approximate surface area is 169 Å². The number of halogens is 1. The summed E-state index contributed by atoms with van der Waals surface area (Å²) in [7, 11) is 0. The second-order valence-corrected chi connectivity index (χ2v) is 6.86. The molecule has 1 heterocycles. The fourth-order valence-corrected chi connectivity index (χ4v) is 3.21. The molecule has 0 aliphatic carbocycles. The molecule has 1 saturated heterocycles. The minimum Gasteiger partial charge on any atom is -0.462 e. The molecule has 1 aliphatic heterocycles. The van der Waals surface area contributed by atoms with Gasteiger partial charge in [-0.3, -0.25) is 9.69 Å². The van der Waals surface area contributed by atoms with Crippen molar-refractivity contribution in [3.05, 3.63) is 64.2 Å². The molecule has 1 amide bonds. The molecule has 1 N–H and O–H groups in total. The Kier molecular flexibility index (Phi) is 7.03. The summed E-state index contributed by atoms with van der Waals surface area (Å²) in [4.78, 5) is 26.6. The van der Waals surface area contributed by atoms with E-state index in [1.165, 1.54) is 0 Å². The van der Waals surface area contributed by atoms with Gasteiger partial charge < -0.3 is 14.8 Å². The van der Waals surface area contributed by atoms with Gasteiger partial charge in [-0.05, 0) is 42.8 Å². The van der Waals surface area contributed by atoms with E-state index < -0.39 is 5.97 Å². The van der Waals surface area contributed by atoms with Crippen molar-refractivity contribution in [2.75, 3.05) is 38.2 Å². The third-order valence-electron chi connectivity index (χ3n) is 4.45. The summed E-state index contributed by atoms with van der Waals surface area (Å²) in [5, 5.41) is 3.03. The van der Waals surface area contributed by atoms with Crippen LogP contribution in [0.5, 0.6) is 0 Å². The van der Waals surface area contributed by atoms with Crippen LogP contribution in [0.4, 0.5) is 5.69 Å². The normalized spacial score (nSPS) is 14.5. The number of carbonyl (C=O) groups excluding carboxylic acids is 2. The molecule has 0 aromatic heterocycles. The van der Waals surface area contributed by atoms with Gasteiger partial charge >= 0.3 is 5.97 Å². The predicted molar refractivity (Wildman–Crippen MR) is 108 cm³/mol. The number of morpholine rings is 1. The van der Waals surface area contributed by atoms with Gasteiger partial charge in [0, 0.05) is 30.9 Å². The second-order valence-electron chi connectivity index (χ2n) is 6.45. The molecule has 0 saturated carbocycles. The van der Waals surface area contributed by atoms with Crippen LogP contribution in [0.25, 0.3) is 0 Å². The van der Waals surface area contributed by atoms with E-state index in [4.69, 9.17) is 21.1 Å². The van der Waals surface area contributed by atoms with Crippen LogP contribution in [-0.4, -0.2) is 49.7 Å². The minimum absolute atomic E-state index is 0.233. The monoisotopic (exact) mass is 402 g/mol. The van der Waals surface area contributed by atoms with Crippen molar-refractivity contribution in [2.45, 2.75) is 13.5 Å². The number of hydrogen-bond donors (Lipinski definition) is 1. The summed E-state index contributed by atoms with van der Waals surface area (Å²) < 4.78 is 10.3. The maximum Gasteiger partial charge on any atom is 0.339 e. The van der Waals surface area contributed by atoms with Crippen molar-refractivity contribution in [3.8, 4) is 0 Å². The molecule has 0 radical (unpaired) electrons. The molecule has 6 nitrogen and oxygen atoms in total. The topological polar surface area (TPSA) is 67.9 Å². The van der Waals surface area contributed by atoms with Crippen molar-refractivity contribution in [1.82, 2.24) is 4.90 Å². The van der Waals surface area contributed by atoms with Gasteiger partial charge in [-0.15, -0.1) is 0 Å². The number of benzene rings is 2. The Morgan fingerprint density at radius 3 is 2.50 bits per heavy atom. The van der Waals surface area contributed by atoms with Crippen LogP contribution in [0.2, 0.25) is 5.02 Å². The molecule has 3 rings (SSSR count). The van der Waals surface area contributed by atoms with Crippen molar-refractivity contribution >= 4 is 29.2 Å². The van der Waals surface area contributed by atoms with Gasteiger partial charge in [-0.1, -0.05) is 23.7 Å². The zero-order valence-electron chi connectivity index (χ0n) is 15.7. The Morgan fingerprint density at radius 2 is 1.86 bits per heavy atom. The number of anilines is 1. The lowest BCUT2D eigenvalue weighted by Crippen LogP contribution is -2.35. The number of nitrogens with one attached hydrogen (secondary N) is 1. The highest BCUT2D eigenvalue weighted by atomic mass is 35.5. The van der Waals surface area contributed by atoms with Gasteiger partial charge in [0.1, 0.15) is 0 Å². The van der Waals surface area contributed by atoms with Crippen molar-refractivity contribution in [3.63, 3.8) is 0 Å². The average Bonchev–Trinajstić information content (AvgIpc) is 2.69. The number of amides is 1. The molecule has 0 spiro atoms. The summed E-state index contributed by atoms with van der Waals surface area (Å²) >= 11 is 6.14. The molecule has 28 heavy (non-hydrogen) atoms. The Balaban J connectivity index is 1.61. The van der Waals surface area contributed by atoms with Gasteiger partial charge in [0.25, 0.3) is 5.91 Å². The van der Waals surface area contributed by atoms with E-state index >= 15 is 0 Å². The first-order valence-corrected chi connectivity index (χ1v) is 9.61. The maximum absolute atomic E-state index is 12.5. The van der Waals surface area contributed by atoms with Gasteiger partial charge in [0.2, 0.25) is 0 Å². The van der Waals surface area contributed by atoms with Crippen LogP contribution < -0.4 is 5.32 Å². The minimum atomic E-state index is -0.485. The fourth-order valence-electron chi connectivity index (χ4n) is 2.95. The number of rotatable bonds is 6. The number of carbonyl (C=O) groups is 2. The van der Waals surface area contributed by atoms with Crippen molar-refractivity contribution < 1.29 is 19.1 Å². The van der Waals surface area contributed by atoms with Crippen molar-refractivity contribution in [1.29, 1.82) is 0 Å². The van der Waals surface area contributed by atoms with E-state index in [1.807, 2.05) is 12.1 Å². The van der Waals surface area contributed by atoms with Crippen LogP contribution in [0, 0.1) is 0 Å². The van der Waals surface area contributed by atoms with Gasteiger partial charge in [-0.2, -0.15) is 0 Å². The van der Waals surface area contributed by atoms with E-state index in [2.05, 4.69) is 10.2 Å². The van der Waals surface area contributed by atoms with E-state index in [0.29, 0.717) is 11.3 Å². The van der Waals surface area contributed by atoms with E-state index in [1.54, 1.807) is 37.3 Å². The molecule has 1 fully saturated rings. The summed E-state index contributed by atoms with van der Waals surface area (Å²) in [5.41, 5.74) is 2.49. The highest BCUT2D eigenvalue weighted by Crippen LogP contribution is 2.22. The fraction of sp³-hybridized carbons (Fsp3) is 0.333. The lowest BCUT2D eigenvalue weighted by molar-refractivity contribution is 0.0342. The Bertz CT molecular complexity index is 833. The first kappa shape index (κ1) is 20.3. The number of esters is 1. The summed E-state index contributed by atoms with van der Waals surface area (Å²) in [5.74, 6) is -0.723. The summed E-state index contributed by atoms with van der Waals surface area (Å²) in [6.07, 6.45) is 0. The van der Waals surface area contributed by atoms with Crippen LogP contribution in [-0.2, 0) is 16.0 Å². The smallest absolute Gasteiger partial charge is 0.339 e. The lowest BCUT2D eigenvalue weighted by atomic mass is 10.1. The lowest BCUT2D eigenvalue weighted by Gasteiger charge is -2.26. The Hall–Kier alpha value is -2.41. The van der Waals surface area contributed by atoms with E-state index in [0.717, 1.165) is 38.4 Å². The quantitative estimate of drug-likeness (QED) is 0.748. The third-order valence-corrected chi connectivity index (χ3v) is 4.76. The van der Waals surface area contributed by atoms with E-state index in [-0.39, 0.29) is 23.1 Å². The van der Waals surface area contributed by atoms with E-state index in [9.17, 15) is 9.59 Å². The molecule has 0 atom stereocenters. The molecule has 2 aromatic rings. The zero-order chi connectivity index (χ0) is 19.9. The first-order valence-electron chi connectivity index (χ1n) is 9.24. The van der Waals surface area contributed by atoms with Crippen LogP contribution in [0.3, 0.4) is 0 Å². The molecule has 0 bridgehead atoms. The van der Waals surface area contributed by atoms with Gasteiger partial charge in [-0.25, -0.2) is 4.79 Å². The SMILES string of the molecule is CCOC(=O)c1ccc(NC(=O)c2ccc(CN3CCOCC3)cc2)cc1Cl. The second kappa shape index (κ2) is 9.68. The Morgan fingerprint density at radius 1 is 1.14 bits per heavy atom. The van der Waals surface area contributed by atoms with Crippen molar-refractivity contribution in [2.24, 2.45) is 0 Å². The standard InChI is InChI=1S/C21H23ClN2O4/c1-2-28-21(26)18-8-7-17(13-19(18)22)23-20(25)16-5-3-15(4-6-16)14-24-9-11-27-12-10-24/h3-8,13H,2,9-12,14H2,1H3,(H,23,25). The molecule has 1 aliphatic rings. The van der Waals surface area contributed by atoms with Gasteiger partial charge in [0.05, 0.1) is 30.4 Å². The predicted octanol–water partition coefficient (Wildman–Crippen LogP) is 3.60. The maximum atomic E-state index is 12.5. The number of hydrogen-bond acceptors (Lipinski definition) is 5. The summed E-state index contributed by atoms with van der Waals surface area (Å²) in [6, 6.07) is 12.2. The van der Waals surface area contributed by atoms with Gasteiger partial charge in [0.15, 0.2) is 0 Å². The molecule has 0 unspecified atom stereocenters.